The molecule has 0 amide bonds. The number of likely N-dealkylation sites (tertiary alicyclic amines) is 1. The highest BCUT2D eigenvalue weighted by Crippen LogP contribution is 2.18. The summed E-state index contributed by atoms with van der Waals surface area (Å²) in [5.74, 6) is -0.673. The van der Waals surface area contributed by atoms with Crippen LogP contribution in [0.3, 0.4) is 0 Å². The molecular weight excluding hydrogens is 246 g/mol. The van der Waals surface area contributed by atoms with Crippen molar-refractivity contribution in [3.05, 3.63) is 0 Å². The van der Waals surface area contributed by atoms with E-state index >= 15 is 0 Å². The zero-order chi connectivity index (χ0) is 14.5. The number of carbonyl (C=O) groups is 2. The van der Waals surface area contributed by atoms with Crippen molar-refractivity contribution < 1.29 is 19.1 Å². The Balaban J connectivity index is 2.68. The van der Waals surface area contributed by atoms with E-state index in [0.29, 0.717) is 6.61 Å². The quantitative estimate of drug-likeness (QED) is 0.713. The second-order valence-corrected chi connectivity index (χ2v) is 5.80. The van der Waals surface area contributed by atoms with Crippen LogP contribution in [0.4, 0.5) is 0 Å². The van der Waals surface area contributed by atoms with E-state index in [4.69, 9.17) is 9.47 Å². The van der Waals surface area contributed by atoms with E-state index in [9.17, 15) is 9.59 Å². The van der Waals surface area contributed by atoms with Gasteiger partial charge in [0, 0.05) is 0 Å². The van der Waals surface area contributed by atoms with E-state index in [1.807, 2.05) is 25.7 Å². The van der Waals surface area contributed by atoms with Crippen LogP contribution >= 0.6 is 0 Å². The number of hydrogen-bond acceptors (Lipinski definition) is 5. The molecule has 0 aromatic carbocycles. The Labute approximate surface area is 115 Å². The molecule has 19 heavy (non-hydrogen) atoms. The van der Waals surface area contributed by atoms with Gasteiger partial charge in [-0.15, -0.1) is 0 Å². The number of nitrogens with zero attached hydrogens (tertiary/aromatic N) is 1. The van der Waals surface area contributed by atoms with Gasteiger partial charge in [-0.1, -0.05) is 0 Å². The minimum Gasteiger partial charge on any atom is -0.466 e. The lowest BCUT2D eigenvalue weighted by molar-refractivity contribution is -0.165. The largest absolute Gasteiger partial charge is 0.466 e. The van der Waals surface area contributed by atoms with Gasteiger partial charge in [-0.05, 0) is 53.6 Å². The molecule has 1 fully saturated rings. The highest BCUT2D eigenvalue weighted by molar-refractivity contribution is 5.83. The van der Waals surface area contributed by atoms with Crippen molar-refractivity contribution in [1.82, 2.24) is 4.90 Å². The molecule has 1 atom stereocenters. The summed E-state index contributed by atoms with van der Waals surface area (Å²) >= 11 is 0. The van der Waals surface area contributed by atoms with Crippen molar-refractivity contribution in [2.75, 3.05) is 19.7 Å². The van der Waals surface area contributed by atoms with Crippen molar-refractivity contribution in [2.24, 2.45) is 0 Å². The van der Waals surface area contributed by atoms with Crippen LogP contribution in [0.15, 0.2) is 0 Å². The van der Waals surface area contributed by atoms with Crippen molar-refractivity contribution >= 4 is 11.9 Å². The predicted molar refractivity (Wildman–Crippen MR) is 71.7 cm³/mol. The van der Waals surface area contributed by atoms with Gasteiger partial charge in [0.1, 0.15) is 11.6 Å². The molecule has 0 aromatic heterocycles. The van der Waals surface area contributed by atoms with Gasteiger partial charge < -0.3 is 9.47 Å². The molecule has 5 heteroatoms. The standard InChI is InChI=1S/C14H25NO4/c1-5-18-12(16)10-11(15-8-6-7-9-15)13(17)19-14(2,3)4/h11H,5-10H2,1-4H3/t11-/m0/s1. The topological polar surface area (TPSA) is 55.8 Å². The SMILES string of the molecule is CCOC(=O)C[C@@H](C(=O)OC(C)(C)C)N1CCCC1. The average molecular weight is 271 g/mol. The van der Waals surface area contributed by atoms with E-state index in [1.54, 1.807) is 6.92 Å². The molecule has 0 aliphatic carbocycles. The van der Waals surface area contributed by atoms with Gasteiger partial charge in [-0.2, -0.15) is 0 Å². The molecule has 0 N–H and O–H groups in total. The van der Waals surface area contributed by atoms with E-state index < -0.39 is 11.6 Å². The maximum Gasteiger partial charge on any atom is 0.324 e. The summed E-state index contributed by atoms with van der Waals surface area (Å²) in [5.41, 5.74) is -0.538. The first-order valence-corrected chi connectivity index (χ1v) is 6.96. The van der Waals surface area contributed by atoms with Gasteiger partial charge in [0.15, 0.2) is 0 Å². The summed E-state index contributed by atoms with van der Waals surface area (Å²) in [6.45, 7) is 9.26. The molecule has 1 aliphatic heterocycles. The molecule has 0 spiro atoms. The Kier molecular flexibility index (Phi) is 5.79. The molecule has 0 bridgehead atoms. The van der Waals surface area contributed by atoms with Gasteiger partial charge >= 0.3 is 11.9 Å². The third-order valence-electron chi connectivity index (χ3n) is 2.93. The minimum atomic E-state index is -0.538. The summed E-state index contributed by atoms with van der Waals surface area (Å²) in [6.07, 6.45) is 2.19. The number of carbonyl (C=O) groups excluding carboxylic acids is 2. The van der Waals surface area contributed by atoms with E-state index in [1.165, 1.54) is 0 Å². The van der Waals surface area contributed by atoms with Crippen LogP contribution < -0.4 is 0 Å². The molecule has 110 valence electrons. The first kappa shape index (κ1) is 16.0. The third-order valence-corrected chi connectivity index (χ3v) is 2.93. The molecule has 1 aliphatic rings. The predicted octanol–water partition coefficient (Wildman–Crippen LogP) is 1.75. The first-order valence-electron chi connectivity index (χ1n) is 6.96. The maximum atomic E-state index is 12.2. The fourth-order valence-electron chi connectivity index (χ4n) is 2.16. The molecule has 1 heterocycles. The van der Waals surface area contributed by atoms with Crippen LogP contribution in [-0.2, 0) is 19.1 Å². The summed E-state index contributed by atoms with van der Waals surface area (Å²) in [7, 11) is 0. The smallest absolute Gasteiger partial charge is 0.324 e. The lowest BCUT2D eigenvalue weighted by Crippen LogP contribution is -2.44. The number of ether oxygens (including phenoxy) is 2. The first-order chi connectivity index (χ1) is 8.83. The maximum absolute atomic E-state index is 12.2. The molecule has 0 unspecified atom stereocenters. The van der Waals surface area contributed by atoms with Crippen molar-refractivity contribution in [3.63, 3.8) is 0 Å². The molecular formula is C14H25NO4. The van der Waals surface area contributed by atoms with Gasteiger partial charge in [-0.25, -0.2) is 0 Å². The summed E-state index contributed by atoms with van der Waals surface area (Å²) in [6, 6.07) is -0.513. The summed E-state index contributed by atoms with van der Waals surface area (Å²) in [5, 5.41) is 0. The van der Waals surface area contributed by atoms with E-state index in [-0.39, 0.29) is 18.4 Å². The van der Waals surface area contributed by atoms with Gasteiger partial charge in [-0.3, -0.25) is 14.5 Å². The van der Waals surface area contributed by atoms with Crippen molar-refractivity contribution in [1.29, 1.82) is 0 Å². The Morgan fingerprint density at radius 2 is 1.79 bits per heavy atom. The Bertz CT molecular complexity index is 316. The van der Waals surface area contributed by atoms with Crippen LogP contribution in [0.1, 0.15) is 47.0 Å². The van der Waals surface area contributed by atoms with E-state index in [0.717, 1.165) is 25.9 Å². The Hall–Kier alpha value is -1.10. The van der Waals surface area contributed by atoms with Crippen LogP contribution in [0.5, 0.6) is 0 Å². The fraction of sp³-hybridized carbons (Fsp3) is 0.857. The van der Waals surface area contributed by atoms with E-state index in [2.05, 4.69) is 0 Å². The molecule has 5 nitrogen and oxygen atoms in total. The fourth-order valence-corrected chi connectivity index (χ4v) is 2.16. The zero-order valence-corrected chi connectivity index (χ0v) is 12.4. The molecule has 0 saturated carbocycles. The van der Waals surface area contributed by atoms with Crippen LogP contribution in [-0.4, -0.2) is 48.2 Å². The summed E-state index contributed by atoms with van der Waals surface area (Å²) < 4.78 is 10.3. The zero-order valence-electron chi connectivity index (χ0n) is 12.4. The summed E-state index contributed by atoms with van der Waals surface area (Å²) in [4.78, 5) is 25.9. The normalized spacial score (nSPS) is 18.1. The Morgan fingerprint density at radius 3 is 2.26 bits per heavy atom. The van der Waals surface area contributed by atoms with Crippen molar-refractivity contribution in [3.8, 4) is 0 Å². The molecule has 0 radical (unpaired) electrons. The minimum absolute atomic E-state index is 0.0722. The second-order valence-electron chi connectivity index (χ2n) is 5.80. The van der Waals surface area contributed by atoms with Gasteiger partial charge in [0.2, 0.25) is 0 Å². The number of hydrogen-bond donors (Lipinski definition) is 0. The average Bonchev–Trinajstić information content (AvgIpc) is 2.76. The molecule has 1 saturated heterocycles. The number of rotatable bonds is 5. The number of esters is 2. The van der Waals surface area contributed by atoms with Gasteiger partial charge in [0.05, 0.1) is 13.0 Å². The second kappa shape index (κ2) is 6.89. The lowest BCUT2D eigenvalue weighted by Gasteiger charge is -2.28. The highest BCUT2D eigenvalue weighted by Gasteiger charge is 2.34. The van der Waals surface area contributed by atoms with Crippen LogP contribution in [0, 0.1) is 0 Å². The van der Waals surface area contributed by atoms with Crippen LogP contribution in [0.25, 0.3) is 0 Å². The lowest BCUT2D eigenvalue weighted by atomic mass is 10.1. The Morgan fingerprint density at radius 1 is 1.21 bits per heavy atom. The monoisotopic (exact) mass is 271 g/mol. The van der Waals surface area contributed by atoms with Gasteiger partial charge in [0.25, 0.3) is 0 Å². The molecule has 0 aromatic rings. The molecule has 1 rings (SSSR count). The van der Waals surface area contributed by atoms with Crippen LogP contribution in [0.2, 0.25) is 0 Å². The highest BCUT2D eigenvalue weighted by atomic mass is 16.6. The third kappa shape index (κ3) is 5.59. The van der Waals surface area contributed by atoms with Crippen molar-refractivity contribution in [2.45, 2.75) is 58.6 Å².